The summed E-state index contributed by atoms with van der Waals surface area (Å²) in [6.07, 6.45) is 0.871. The van der Waals surface area contributed by atoms with Crippen LogP contribution in [-0.4, -0.2) is 30.4 Å². The molecule has 0 aliphatic heterocycles. The summed E-state index contributed by atoms with van der Waals surface area (Å²) in [5.41, 5.74) is 19.9. The number of carbonyl (C=O) groups excluding carboxylic acids is 2. The van der Waals surface area contributed by atoms with Gasteiger partial charge in [-0.15, -0.1) is 12.4 Å². The molecule has 0 aliphatic rings. The fourth-order valence-electron chi connectivity index (χ4n) is 3.86. The van der Waals surface area contributed by atoms with Gasteiger partial charge in [-0.2, -0.15) is 0 Å². The Morgan fingerprint density at radius 2 is 1.39 bits per heavy atom. The second kappa shape index (κ2) is 15.4. The van der Waals surface area contributed by atoms with Crippen LogP contribution in [0.1, 0.15) is 35.4 Å². The van der Waals surface area contributed by atoms with Crippen molar-refractivity contribution < 1.29 is 9.59 Å². The predicted molar refractivity (Wildman–Crippen MR) is 162 cm³/mol. The van der Waals surface area contributed by atoms with Gasteiger partial charge >= 0.3 is 0 Å². The number of guanidine groups is 1. The van der Waals surface area contributed by atoms with Crippen LogP contribution in [0.3, 0.4) is 0 Å². The van der Waals surface area contributed by atoms with Crippen molar-refractivity contribution in [1.82, 2.24) is 10.6 Å². The minimum Gasteiger partial charge on any atom is -0.397 e. The van der Waals surface area contributed by atoms with E-state index in [4.69, 9.17) is 17.2 Å². The third-order valence-electron chi connectivity index (χ3n) is 5.71. The smallest absolute Gasteiger partial charge is 0.242 e. The Labute approximate surface area is 245 Å². The highest BCUT2D eigenvalue weighted by molar-refractivity contribution is 9.11. The number of anilines is 1. The van der Waals surface area contributed by atoms with E-state index < -0.39 is 12.0 Å². The van der Waals surface area contributed by atoms with E-state index in [1.165, 1.54) is 0 Å². The summed E-state index contributed by atoms with van der Waals surface area (Å²) in [6, 6.07) is 21.9. The minimum absolute atomic E-state index is 0. The minimum atomic E-state index is -0.780. The largest absolute Gasteiger partial charge is 0.397 e. The van der Waals surface area contributed by atoms with Crippen LogP contribution in [-0.2, 0) is 16.1 Å². The maximum absolute atomic E-state index is 13.6. The van der Waals surface area contributed by atoms with E-state index in [0.29, 0.717) is 25.1 Å². The first-order valence-corrected chi connectivity index (χ1v) is 13.3. The van der Waals surface area contributed by atoms with Crippen molar-refractivity contribution in [2.75, 3.05) is 12.3 Å². The second-order valence-corrected chi connectivity index (χ2v) is 10.2. The summed E-state index contributed by atoms with van der Waals surface area (Å²) >= 11 is 6.84. The van der Waals surface area contributed by atoms with Gasteiger partial charge in [0.1, 0.15) is 6.04 Å². The number of aliphatic imine (C=N–C) groups is 1. The van der Waals surface area contributed by atoms with Gasteiger partial charge in [0, 0.05) is 22.0 Å². The molecule has 0 aliphatic carbocycles. The zero-order valence-electron chi connectivity index (χ0n) is 20.6. The fourth-order valence-corrected chi connectivity index (χ4v) is 5.15. The van der Waals surface area contributed by atoms with Gasteiger partial charge in [0.25, 0.3) is 0 Å². The third kappa shape index (κ3) is 9.04. The number of halogens is 3. The van der Waals surface area contributed by atoms with Crippen molar-refractivity contribution in [3.63, 3.8) is 0 Å². The van der Waals surface area contributed by atoms with E-state index in [0.717, 1.165) is 25.6 Å². The third-order valence-corrected chi connectivity index (χ3v) is 7.02. The van der Waals surface area contributed by atoms with Gasteiger partial charge in [-0.25, -0.2) is 0 Å². The normalized spacial score (nSPS) is 11.2. The molecule has 2 amide bonds. The van der Waals surface area contributed by atoms with Gasteiger partial charge in [0.2, 0.25) is 11.8 Å². The first kappa shape index (κ1) is 31.1. The molecule has 3 rings (SSSR count). The Kier molecular flexibility index (Phi) is 12.6. The average molecular weight is 667 g/mol. The van der Waals surface area contributed by atoms with Crippen LogP contribution in [0.15, 0.2) is 86.7 Å². The molecule has 38 heavy (non-hydrogen) atoms. The number of amides is 2. The molecule has 1 atom stereocenters. The van der Waals surface area contributed by atoms with Crippen molar-refractivity contribution in [2.45, 2.75) is 31.3 Å². The fraction of sp³-hybridized carbons (Fsp3) is 0.222. The zero-order chi connectivity index (χ0) is 26.8. The highest BCUT2D eigenvalue weighted by atomic mass is 79.9. The molecule has 3 aromatic rings. The Bertz CT molecular complexity index is 1180. The molecule has 11 heteroatoms. The molecule has 0 aromatic heterocycles. The van der Waals surface area contributed by atoms with E-state index >= 15 is 0 Å². The van der Waals surface area contributed by atoms with Crippen LogP contribution in [0, 0.1) is 0 Å². The highest BCUT2D eigenvalue weighted by Gasteiger charge is 2.27. The lowest BCUT2D eigenvalue weighted by Gasteiger charge is -2.23. The van der Waals surface area contributed by atoms with Gasteiger partial charge in [0.15, 0.2) is 5.96 Å². The monoisotopic (exact) mass is 664 g/mol. The summed E-state index contributed by atoms with van der Waals surface area (Å²) in [6.45, 7) is 0.609. The Balaban J connectivity index is 0.00000507. The number of benzene rings is 3. The van der Waals surface area contributed by atoms with E-state index in [-0.39, 0.29) is 36.7 Å². The van der Waals surface area contributed by atoms with Crippen LogP contribution in [0.2, 0.25) is 0 Å². The van der Waals surface area contributed by atoms with Crippen molar-refractivity contribution >= 4 is 67.7 Å². The van der Waals surface area contributed by atoms with Crippen molar-refractivity contribution in [3.05, 3.63) is 98.4 Å². The molecule has 0 fully saturated rings. The molecule has 0 unspecified atom stereocenters. The SMILES string of the molecule is Cl.NC(N)=NCCC[C@@H](NC(=O)C(c1ccccc1)c1ccccc1)C(=O)NCc1cc(Br)c(N)c(Br)c1. The first-order chi connectivity index (χ1) is 17.8. The van der Waals surface area contributed by atoms with Gasteiger partial charge in [0.05, 0.1) is 11.6 Å². The lowest BCUT2D eigenvalue weighted by atomic mass is 9.90. The lowest BCUT2D eigenvalue weighted by Crippen LogP contribution is -2.48. The van der Waals surface area contributed by atoms with Gasteiger partial charge in [-0.05, 0) is 73.5 Å². The van der Waals surface area contributed by atoms with E-state index in [1.54, 1.807) is 0 Å². The molecule has 8 N–H and O–H groups in total. The van der Waals surface area contributed by atoms with Crippen LogP contribution < -0.4 is 27.8 Å². The number of nitrogens with one attached hydrogen (secondary N) is 2. The predicted octanol–water partition coefficient (Wildman–Crippen LogP) is 4.20. The number of nitrogen functional groups attached to an aromatic ring is 1. The number of nitrogens with zero attached hydrogens (tertiary/aromatic N) is 1. The van der Waals surface area contributed by atoms with Gasteiger partial charge in [-0.3, -0.25) is 14.6 Å². The van der Waals surface area contributed by atoms with Crippen LogP contribution in [0.25, 0.3) is 0 Å². The lowest BCUT2D eigenvalue weighted by molar-refractivity contribution is -0.129. The molecule has 202 valence electrons. The number of hydrogen-bond acceptors (Lipinski definition) is 4. The maximum Gasteiger partial charge on any atom is 0.242 e. The number of nitrogens with two attached hydrogens (primary N) is 3. The molecular formula is C27H31Br2ClN6O2. The molecule has 0 spiro atoms. The van der Waals surface area contributed by atoms with Crippen molar-refractivity contribution in [2.24, 2.45) is 16.5 Å². The summed E-state index contributed by atoms with van der Waals surface area (Å²) in [5.74, 6) is -1.16. The standard InChI is InChI=1S/C27H30Br2N6O2.ClH/c28-20-14-17(15-21(29)24(20)30)16-34-25(36)22(12-7-13-33-27(31)32)35-26(37)23(18-8-3-1-4-9-18)19-10-5-2-6-11-19;/h1-6,8-11,14-15,22-23H,7,12-13,16,30H2,(H,34,36)(H,35,37)(H4,31,32,33);1H/t22-;/m1./s1. The Morgan fingerprint density at radius 3 is 1.89 bits per heavy atom. The summed E-state index contributed by atoms with van der Waals surface area (Å²) < 4.78 is 1.45. The van der Waals surface area contributed by atoms with E-state index in [9.17, 15) is 9.59 Å². The summed E-state index contributed by atoms with van der Waals surface area (Å²) in [5, 5.41) is 5.89. The number of rotatable bonds is 11. The topological polar surface area (TPSA) is 149 Å². The quantitative estimate of drug-likeness (QED) is 0.0901. The van der Waals surface area contributed by atoms with Crippen molar-refractivity contribution in [3.8, 4) is 0 Å². The molecule has 8 nitrogen and oxygen atoms in total. The van der Waals surface area contributed by atoms with E-state index in [2.05, 4.69) is 47.5 Å². The van der Waals surface area contributed by atoms with E-state index in [1.807, 2.05) is 72.8 Å². The molecule has 0 heterocycles. The Morgan fingerprint density at radius 1 is 0.868 bits per heavy atom. The molecule has 0 radical (unpaired) electrons. The van der Waals surface area contributed by atoms with Crippen molar-refractivity contribution in [1.29, 1.82) is 0 Å². The Hall–Kier alpha value is -3.08. The maximum atomic E-state index is 13.6. The van der Waals surface area contributed by atoms with Gasteiger partial charge < -0.3 is 27.8 Å². The molecular weight excluding hydrogens is 636 g/mol. The number of hydrogen-bond donors (Lipinski definition) is 5. The molecule has 3 aromatic carbocycles. The van der Waals surface area contributed by atoms with Crippen LogP contribution in [0.5, 0.6) is 0 Å². The second-order valence-electron chi connectivity index (χ2n) is 8.46. The van der Waals surface area contributed by atoms with Crippen LogP contribution >= 0.6 is 44.3 Å². The summed E-state index contributed by atoms with van der Waals surface area (Å²) in [4.78, 5) is 30.9. The highest BCUT2D eigenvalue weighted by Crippen LogP contribution is 2.29. The average Bonchev–Trinajstić information content (AvgIpc) is 2.88. The summed E-state index contributed by atoms with van der Waals surface area (Å²) in [7, 11) is 0. The first-order valence-electron chi connectivity index (χ1n) is 11.7. The molecule has 0 bridgehead atoms. The molecule has 0 saturated carbocycles. The zero-order valence-corrected chi connectivity index (χ0v) is 24.6. The molecule has 0 saturated heterocycles. The van der Waals surface area contributed by atoms with Gasteiger partial charge in [-0.1, -0.05) is 60.7 Å². The number of carbonyl (C=O) groups is 2. The van der Waals surface area contributed by atoms with Crippen LogP contribution in [0.4, 0.5) is 5.69 Å².